The number of carbonyl (C=O) groups excluding carboxylic acids is 2. The number of hydrogen-bond acceptors (Lipinski definition) is 4. The monoisotopic (exact) mass is 363 g/mol. The number of ether oxygens (including phenoxy) is 1. The number of aldehydes is 1. The van der Waals surface area contributed by atoms with Gasteiger partial charge in [-0.05, 0) is 35.8 Å². The van der Waals surface area contributed by atoms with Gasteiger partial charge in [-0.15, -0.1) is 0 Å². The zero-order chi connectivity index (χ0) is 17.9. The highest BCUT2D eigenvalue weighted by Gasteiger charge is 2.52. The van der Waals surface area contributed by atoms with E-state index in [1.54, 1.807) is 25.1 Å². The van der Waals surface area contributed by atoms with Crippen molar-refractivity contribution in [1.29, 1.82) is 5.26 Å². The summed E-state index contributed by atoms with van der Waals surface area (Å²) in [5, 5.41) is 10.6. The van der Waals surface area contributed by atoms with Crippen LogP contribution in [0.15, 0.2) is 42.0 Å². The first-order chi connectivity index (χ1) is 11.4. The van der Waals surface area contributed by atoms with Crippen molar-refractivity contribution in [3.63, 3.8) is 0 Å². The van der Waals surface area contributed by atoms with Gasteiger partial charge in [0.1, 0.15) is 6.29 Å². The molecule has 124 valence electrons. The van der Waals surface area contributed by atoms with Crippen molar-refractivity contribution in [2.24, 2.45) is 5.41 Å². The normalized spacial score (nSPS) is 23.2. The van der Waals surface area contributed by atoms with Gasteiger partial charge in [-0.3, -0.25) is 9.59 Å². The van der Waals surface area contributed by atoms with Crippen LogP contribution in [0, 0.1) is 16.7 Å². The first kappa shape index (κ1) is 18.3. The number of halogens is 2. The first-order valence-corrected chi connectivity index (χ1v) is 8.03. The van der Waals surface area contributed by atoms with E-state index in [0.29, 0.717) is 33.0 Å². The quantitative estimate of drug-likeness (QED) is 0.592. The number of nitrogens with zero attached hydrogens (tertiary/aromatic N) is 1. The zero-order valence-electron chi connectivity index (χ0n) is 13.0. The average Bonchev–Trinajstić information content (AvgIpc) is 2.55. The highest BCUT2D eigenvalue weighted by molar-refractivity contribution is 6.35. The molecule has 1 aliphatic carbocycles. The fraction of sp³-hybridized carbons (Fsp3) is 0.278. The Bertz CT molecular complexity index is 779. The molecule has 0 unspecified atom stereocenters. The summed E-state index contributed by atoms with van der Waals surface area (Å²) in [5.41, 5.74) is -0.296. The molecular formula is C18H15Cl2NO3. The van der Waals surface area contributed by atoms with Crippen LogP contribution in [0.4, 0.5) is 0 Å². The van der Waals surface area contributed by atoms with E-state index in [0.717, 1.165) is 0 Å². The molecule has 0 radical (unpaired) electrons. The van der Waals surface area contributed by atoms with E-state index in [2.05, 4.69) is 12.6 Å². The van der Waals surface area contributed by atoms with Gasteiger partial charge in [0.25, 0.3) is 0 Å². The summed E-state index contributed by atoms with van der Waals surface area (Å²) >= 11 is 12.2. The van der Waals surface area contributed by atoms with Crippen molar-refractivity contribution in [1.82, 2.24) is 0 Å². The molecule has 0 heterocycles. The lowest BCUT2D eigenvalue weighted by Gasteiger charge is -2.37. The minimum atomic E-state index is -1.60. The third-order valence-corrected chi connectivity index (χ3v) is 4.54. The van der Waals surface area contributed by atoms with E-state index in [1.165, 1.54) is 6.07 Å². The van der Waals surface area contributed by atoms with Gasteiger partial charge in [0.15, 0.2) is 5.41 Å². The predicted octanol–water partition coefficient (Wildman–Crippen LogP) is 4.24. The van der Waals surface area contributed by atoms with Gasteiger partial charge in [-0.2, -0.15) is 5.26 Å². The molecule has 6 heteroatoms. The van der Waals surface area contributed by atoms with E-state index < -0.39 is 17.3 Å². The molecule has 2 rings (SSSR count). The van der Waals surface area contributed by atoms with Crippen molar-refractivity contribution in [2.45, 2.75) is 19.3 Å². The molecule has 0 saturated heterocycles. The fourth-order valence-corrected chi connectivity index (χ4v) is 3.51. The highest BCUT2D eigenvalue weighted by Crippen LogP contribution is 2.51. The number of esters is 1. The Hall–Kier alpha value is -2.09. The zero-order valence-corrected chi connectivity index (χ0v) is 14.5. The molecule has 0 aromatic heterocycles. The molecule has 1 aromatic carbocycles. The lowest BCUT2D eigenvalue weighted by molar-refractivity contribution is -0.152. The van der Waals surface area contributed by atoms with Crippen LogP contribution in [0.2, 0.25) is 10.0 Å². The van der Waals surface area contributed by atoms with Gasteiger partial charge >= 0.3 is 5.97 Å². The molecule has 0 N–H and O–H groups in total. The van der Waals surface area contributed by atoms with Crippen LogP contribution in [0.3, 0.4) is 0 Å². The number of benzene rings is 1. The molecule has 0 amide bonds. The Balaban J connectivity index is 2.69. The van der Waals surface area contributed by atoms with Crippen LogP contribution >= 0.6 is 23.2 Å². The number of hydrogen-bond donors (Lipinski definition) is 0. The minimum absolute atomic E-state index is 0.0610. The Morgan fingerprint density at radius 3 is 2.79 bits per heavy atom. The first-order valence-electron chi connectivity index (χ1n) is 7.27. The molecule has 0 saturated carbocycles. The number of allylic oxidation sites excluding steroid dienone is 3. The van der Waals surface area contributed by atoms with Crippen molar-refractivity contribution >= 4 is 35.5 Å². The second kappa shape index (κ2) is 7.21. The van der Waals surface area contributed by atoms with Crippen LogP contribution in [-0.4, -0.2) is 18.9 Å². The minimum Gasteiger partial charge on any atom is -0.465 e. The van der Waals surface area contributed by atoms with Crippen LogP contribution < -0.4 is 0 Å². The van der Waals surface area contributed by atoms with Gasteiger partial charge in [0.05, 0.1) is 12.7 Å². The third kappa shape index (κ3) is 3.10. The van der Waals surface area contributed by atoms with Crippen molar-refractivity contribution < 1.29 is 14.3 Å². The van der Waals surface area contributed by atoms with Gasteiger partial charge < -0.3 is 4.74 Å². The van der Waals surface area contributed by atoms with E-state index in [9.17, 15) is 14.9 Å². The van der Waals surface area contributed by atoms with Crippen LogP contribution in [0.25, 0.3) is 0 Å². The summed E-state index contributed by atoms with van der Waals surface area (Å²) in [7, 11) is 0. The summed E-state index contributed by atoms with van der Waals surface area (Å²) in [6.07, 6.45) is 2.14. The van der Waals surface area contributed by atoms with E-state index in [-0.39, 0.29) is 13.0 Å². The van der Waals surface area contributed by atoms with E-state index in [1.807, 2.05) is 0 Å². The molecule has 2 atom stereocenters. The predicted molar refractivity (Wildman–Crippen MR) is 91.8 cm³/mol. The van der Waals surface area contributed by atoms with Crippen LogP contribution in [0.5, 0.6) is 0 Å². The lowest BCUT2D eigenvalue weighted by atomic mass is 9.63. The van der Waals surface area contributed by atoms with Gasteiger partial charge in [0.2, 0.25) is 0 Å². The summed E-state index contributed by atoms with van der Waals surface area (Å²) < 4.78 is 5.12. The summed E-state index contributed by atoms with van der Waals surface area (Å²) in [6, 6.07) is 6.89. The second-order valence-corrected chi connectivity index (χ2v) is 6.33. The van der Waals surface area contributed by atoms with Crippen molar-refractivity contribution in [3.05, 3.63) is 57.6 Å². The molecule has 1 aliphatic rings. The third-order valence-electron chi connectivity index (χ3n) is 3.98. The van der Waals surface area contributed by atoms with Gasteiger partial charge in [-0.1, -0.05) is 41.9 Å². The lowest BCUT2D eigenvalue weighted by Crippen LogP contribution is -2.41. The molecule has 0 fully saturated rings. The van der Waals surface area contributed by atoms with E-state index >= 15 is 0 Å². The largest absolute Gasteiger partial charge is 0.465 e. The standard InChI is InChI=1S/C18H15Cl2NO3/c1-3-24-17(23)18(10-21)8-12(9-22)6-11(2)16(18)14-5-4-13(19)7-15(14)20/h4-7,9,16H,2-3,8H2,1H3/t16-,18-/m0/s1. The van der Waals surface area contributed by atoms with Gasteiger partial charge in [0, 0.05) is 22.4 Å². The summed E-state index contributed by atoms with van der Waals surface area (Å²) in [5.74, 6) is -1.42. The Kier molecular flexibility index (Phi) is 5.48. The summed E-state index contributed by atoms with van der Waals surface area (Å²) in [4.78, 5) is 23.9. The molecule has 0 bridgehead atoms. The molecule has 0 spiro atoms. The maximum atomic E-state index is 12.6. The second-order valence-electron chi connectivity index (χ2n) is 5.49. The Morgan fingerprint density at radius 2 is 2.25 bits per heavy atom. The molecule has 1 aromatic rings. The molecular weight excluding hydrogens is 349 g/mol. The van der Waals surface area contributed by atoms with Crippen LogP contribution in [-0.2, 0) is 14.3 Å². The van der Waals surface area contributed by atoms with Gasteiger partial charge in [-0.25, -0.2) is 0 Å². The average molecular weight is 364 g/mol. The summed E-state index contributed by atoms with van der Waals surface area (Å²) in [6.45, 7) is 5.71. The van der Waals surface area contributed by atoms with Crippen molar-refractivity contribution in [2.75, 3.05) is 6.61 Å². The maximum Gasteiger partial charge on any atom is 0.327 e. The van der Waals surface area contributed by atoms with Crippen LogP contribution in [0.1, 0.15) is 24.8 Å². The van der Waals surface area contributed by atoms with E-state index in [4.69, 9.17) is 27.9 Å². The number of carbonyl (C=O) groups is 2. The fourth-order valence-electron chi connectivity index (χ4n) is 2.99. The molecule has 4 nitrogen and oxygen atoms in total. The maximum absolute atomic E-state index is 12.6. The SMILES string of the molecule is C=C1C=C(C=O)C[C@@](C#N)(C(=O)OCC)[C@@H]1c1ccc(Cl)cc1Cl. The Morgan fingerprint density at radius 1 is 1.54 bits per heavy atom. The number of rotatable bonds is 4. The topological polar surface area (TPSA) is 67.2 Å². The molecule has 0 aliphatic heterocycles. The Labute approximate surface area is 150 Å². The molecule has 24 heavy (non-hydrogen) atoms. The smallest absolute Gasteiger partial charge is 0.327 e. The van der Waals surface area contributed by atoms with Crippen molar-refractivity contribution in [3.8, 4) is 6.07 Å². The number of nitriles is 1. The highest BCUT2D eigenvalue weighted by atomic mass is 35.5.